The Labute approximate surface area is 196 Å². The molecule has 0 aliphatic carbocycles. The summed E-state index contributed by atoms with van der Waals surface area (Å²) in [5.41, 5.74) is 1.41. The van der Waals surface area contributed by atoms with Crippen molar-refractivity contribution in [3.05, 3.63) is 88.3 Å². The van der Waals surface area contributed by atoms with Gasteiger partial charge >= 0.3 is 5.97 Å². The quantitative estimate of drug-likeness (QED) is 0.441. The first-order valence-corrected chi connectivity index (χ1v) is 11.9. The molecule has 0 fully saturated rings. The minimum atomic E-state index is -3.90. The van der Waals surface area contributed by atoms with Crippen molar-refractivity contribution in [3.8, 4) is 0 Å². The molecular weight excluding hydrogens is 468 g/mol. The second kappa shape index (κ2) is 10.7. The van der Waals surface area contributed by atoms with Gasteiger partial charge in [-0.2, -0.15) is 0 Å². The molecule has 174 valence electrons. The van der Waals surface area contributed by atoms with Crippen LogP contribution in [0, 0.1) is 6.92 Å². The number of carbonyl (C=O) groups is 2. The first kappa shape index (κ1) is 24.5. The number of halogens is 1. The second-order valence-electron chi connectivity index (χ2n) is 7.30. The molecule has 0 aliphatic rings. The highest BCUT2D eigenvalue weighted by Crippen LogP contribution is 2.18. The van der Waals surface area contributed by atoms with Gasteiger partial charge in [0.05, 0.1) is 29.3 Å². The summed E-state index contributed by atoms with van der Waals surface area (Å²) in [5, 5.41) is 3.31. The number of carbonyl (C=O) groups excluding carboxylic acids is 2. The molecule has 3 rings (SSSR count). The third-order valence-electron chi connectivity index (χ3n) is 4.84. The molecule has 33 heavy (non-hydrogen) atoms. The van der Waals surface area contributed by atoms with Crippen LogP contribution in [0.25, 0.3) is 0 Å². The van der Waals surface area contributed by atoms with Gasteiger partial charge < -0.3 is 14.5 Å². The summed E-state index contributed by atoms with van der Waals surface area (Å²) in [5.74, 6) is -0.846. The number of furan rings is 1. The second-order valence-corrected chi connectivity index (χ2v) is 9.50. The van der Waals surface area contributed by atoms with Crippen molar-refractivity contribution < 1.29 is 27.2 Å². The highest BCUT2D eigenvalue weighted by Gasteiger charge is 2.20. The van der Waals surface area contributed by atoms with Crippen molar-refractivity contribution >= 4 is 33.5 Å². The maximum atomic E-state index is 12.6. The molecule has 0 saturated carbocycles. The van der Waals surface area contributed by atoms with E-state index in [1.807, 2.05) is 0 Å². The monoisotopic (exact) mass is 490 g/mol. The molecule has 0 aliphatic heterocycles. The zero-order valence-electron chi connectivity index (χ0n) is 18.0. The molecule has 1 amide bonds. The van der Waals surface area contributed by atoms with Crippen LogP contribution < -0.4 is 10.0 Å². The molecule has 1 atom stereocenters. The SMILES string of the molecule is Cc1ccc(S(=O)(=O)NCc2ccco2)cc1C(=O)OCC(=O)NC(C)c1ccc(Cl)cc1. The number of benzene rings is 2. The Morgan fingerprint density at radius 3 is 2.52 bits per heavy atom. The Balaban J connectivity index is 1.61. The van der Waals surface area contributed by atoms with Gasteiger partial charge in [-0.05, 0) is 61.4 Å². The van der Waals surface area contributed by atoms with E-state index in [-0.39, 0.29) is 23.0 Å². The summed E-state index contributed by atoms with van der Waals surface area (Å²) in [6.45, 7) is 2.89. The lowest BCUT2D eigenvalue weighted by atomic mass is 10.1. The molecule has 1 unspecified atom stereocenters. The smallest absolute Gasteiger partial charge is 0.338 e. The molecule has 8 nitrogen and oxygen atoms in total. The van der Waals surface area contributed by atoms with Gasteiger partial charge in [-0.15, -0.1) is 0 Å². The van der Waals surface area contributed by atoms with Crippen LogP contribution in [0.1, 0.15) is 40.2 Å². The lowest BCUT2D eigenvalue weighted by molar-refractivity contribution is -0.124. The molecule has 2 aromatic carbocycles. The van der Waals surface area contributed by atoms with Crippen LogP contribution in [-0.2, 0) is 26.1 Å². The number of rotatable bonds is 9. The van der Waals surface area contributed by atoms with E-state index in [0.29, 0.717) is 16.3 Å². The topological polar surface area (TPSA) is 115 Å². The average Bonchev–Trinajstić information content (AvgIpc) is 3.30. The van der Waals surface area contributed by atoms with Crippen molar-refractivity contribution in [2.75, 3.05) is 6.61 Å². The summed E-state index contributed by atoms with van der Waals surface area (Å²) >= 11 is 5.87. The molecule has 3 aromatic rings. The van der Waals surface area contributed by atoms with Crippen LogP contribution in [0.2, 0.25) is 5.02 Å². The zero-order chi connectivity index (χ0) is 24.0. The van der Waals surface area contributed by atoms with Crippen molar-refractivity contribution in [3.63, 3.8) is 0 Å². The maximum absolute atomic E-state index is 12.6. The fraction of sp³-hybridized carbons (Fsp3) is 0.217. The molecule has 1 aromatic heterocycles. The van der Waals surface area contributed by atoms with Crippen LogP contribution in [0.15, 0.2) is 70.2 Å². The molecule has 0 radical (unpaired) electrons. The molecule has 0 saturated heterocycles. The first-order valence-electron chi connectivity index (χ1n) is 10.0. The highest BCUT2D eigenvalue weighted by molar-refractivity contribution is 7.89. The number of aryl methyl sites for hydroxylation is 1. The van der Waals surface area contributed by atoms with E-state index < -0.39 is 28.5 Å². The van der Waals surface area contributed by atoms with Crippen LogP contribution in [0.5, 0.6) is 0 Å². The lowest BCUT2D eigenvalue weighted by Gasteiger charge is -2.15. The Kier molecular flexibility index (Phi) is 7.91. The number of hydrogen-bond acceptors (Lipinski definition) is 6. The van der Waals surface area contributed by atoms with Crippen LogP contribution in [0.4, 0.5) is 0 Å². The summed E-state index contributed by atoms with van der Waals surface area (Å²) in [6.07, 6.45) is 1.44. The summed E-state index contributed by atoms with van der Waals surface area (Å²) in [4.78, 5) is 24.6. The molecule has 1 heterocycles. The van der Waals surface area contributed by atoms with E-state index >= 15 is 0 Å². The van der Waals surface area contributed by atoms with Gasteiger partial charge in [0, 0.05) is 5.02 Å². The fourth-order valence-electron chi connectivity index (χ4n) is 2.98. The zero-order valence-corrected chi connectivity index (χ0v) is 19.6. The van der Waals surface area contributed by atoms with Crippen molar-refractivity contribution in [1.29, 1.82) is 0 Å². The van der Waals surface area contributed by atoms with Crippen LogP contribution in [-0.4, -0.2) is 26.9 Å². The van der Waals surface area contributed by atoms with Gasteiger partial charge in [-0.25, -0.2) is 17.9 Å². The van der Waals surface area contributed by atoms with Crippen molar-refractivity contribution in [2.24, 2.45) is 0 Å². The highest BCUT2D eigenvalue weighted by atomic mass is 35.5. The fourth-order valence-corrected chi connectivity index (χ4v) is 4.12. The summed E-state index contributed by atoms with van der Waals surface area (Å²) < 4.78 is 37.8. The van der Waals surface area contributed by atoms with Gasteiger partial charge in [0.25, 0.3) is 5.91 Å². The third kappa shape index (κ3) is 6.67. The minimum absolute atomic E-state index is 0.0328. The normalized spacial score (nSPS) is 12.2. The Morgan fingerprint density at radius 1 is 1.12 bits per heavy atom. The van der Waals surface area contributed by atoms with Crippen molar-refractivity contribution in [1.82, 2.24) is 10.0 Å². The number of nitrogens with one attached hydrogen (secondary N) is 2. The number of amides is 1. The van der Waals surface area contributed by atoms with E-state index in [0.717, 1.165) is 5.56 Å². The third-order valence-corrected chi connectivity index (χ3v) is 6.49. The number of esters is 1. The number of sulfonamides is 1. The summed E-state index contributed by atoms with van der Waals surface area (Å²) in [6, 6.07) is 14.1. The molecule has 0 bridgehead atoms. The minimum Gasteiger partial charge on any atom is -0.468 e. The molecule has 2 N–H and O–H groups in total. The van der Waals surface area contributed by atoms with Gasteiger partial charge in [0.2, 0.25) is 10.0 Å². The van der Waals surface area contributed by atoms with E-state index in [2.05, 4.69) is 10.0 Å². The standard InChI is InChI=1S/C23H23ClN2O6S/c1-15-5-10-20(33(29,30)25-13-19-4-3-11-31-19)12-21(15)23(28)32-14-22(27)26-16(2)17-6-8-18(24)9-7-17/h3-12,16,25H,13-14H2,1-2H3,(H,26,27). The van der Waals surface area contributed by atoms with Gasteiger partial charge in [-0.3, -0.25) is 4.79 Å². The Bertz CT molecular complexity index is 1220. The molecule has 0 spiro atoms. The predicted octanol–water partition coefficient (Wildman–Crippen LogP) is 3.75. The van der Waals surface area contributed by atoms with Crippen molar-refractivity contribution in [2.45, 2.75) is 31.3 Å². The van der Waals surface area contributed by atoms with E-state index in [4.69, 9.17) is 20.8 Å². The van der Waals surface area contributed by atoms with Gasteiger partial charge in [0.15, 0.2) is 6.61 Å². The summed E-state index contributed by atoms with van der Waals surface area (Å²) in [7, 11) is -3.90. The Hall–Kier alpha value is -3.14. The molecule has 10 heteroatoms. The predicted molar refractivity (Wildman–Crippen MR) is 122 cm³/mol. The average molecular weight is 491 g/mol. The maximum Gasteiger partial charge on any atom is 0.338 e. The van der Waals surface area contributed by atoms with E-state index in [1.165, 1.54) is 24.5 Å². The van der Waals surface area contributed by atoms with E-state index in [9.17, 15) is 18.0 Å². The Morgan fingerprint density at radius 2 is 1.85 bits per heavy atom. The molecular formula is C23H23ClN2O6S. The largest absolute Gasteiger partial charge is 0.468 e. The van der Waals surface area contributed by atoms with Crippen LogP contribution >= 0.6 is 11.6 Å². The van der Waals surface area contributed by atoms with E-state index in [1.54, 1.807) is 50.2 Å². The van der Waals surface area contributed by atoms with Gasteiger partial charge in [-0.1, -0.05) is 29.8 Å². The number of ether oxygens (including phenoxy) is 1. The first-order chi connectivity index (χ1) is 15.7. The number of hydrogen-bond donors (Lipinski definition) is 2. The van der Waals surface area contributed by atoms with Crippen LogP contribution in [0.3, 0.4) is 0 Å². The lowest BCUT2D eigenvalue weighted by Crippen LogP contribution is -2.31. The van der Waals surface area contributed by atoms with Gasteiger partial charge in [0.1, 0.15) is 5.76 Å².